The van der Waals surface area contributed by atoms with Crippen molar-refractivity contribution < 1.29 is 19.8 Å². The van der Waals surface area contributed by atoms with Gasteiger partial charge in [0.15, 0.2) is 5.37 Å². The summed E-state index contributed by atoms with van der Waals surface area (Å²) in [5, 5.41) is 22.4. The molecule has 0 bridgehead atoms. The van der Waals surface area contributed by atoms with Gasteiger partial charge in [-0.1, -0.05) is 0 Å². The molecule has 0 aromatic rings. The molecule has 2 unspecified atom stereocenters. The van der Waals surface area contributed by atoms with Crippen LogP contribution in [0.2, 0.25) is 0 Å². The lowest BCUT2D eigenvalue weighted by molar-refractivity contribution is -0.140. The third kappa shape index (κ3) is 4.34. The molecule has 2 atom stereocenters. The summed E-state index contributed by atoms with van der Waals surface area (Å²) in [5.74, 6) is 0.142. The largest absolute Gasteiger partial charge is 0.480 e. The molecule has 2 rings (SSSR count). The summed E-state index contributed by atoms with van der Waals surface area (Å²) >= 11 is 3.08. The van der Waals surface area contributed by atoms with Gasteiger partial charge in [0.05, 0.1) is 0 Å². The number of nitrogens with one attached hydrogen (secondary N) is 2. The second kappa shape index (κ2) is 6.65. The molecule has 18 heavy (non-hydrogen) atoms. The number of carbonyl (C=O) groups is 2. The zero-order valence-corrected chi connectivity index (χ0v) is 11.9. The van der Waals surface area contributed by atoms with Crippen LogP contribution in [0.3, 0.4) is 0 Å². The number of rotatable bonds is 2. The molecular formula is C10H18N2O4S2. The number of hydrogen-bond acceptors (Lipinski definition) is 6. The lowest BCUT2D eigenvalue weighted by atomic mass is 10.0. The van der Waals surface area contributed by atoms with Crippen LogP contribution < -0.4 is 10.6 Å². The summed E-state index contributed by atoms with van der Waals surface area (Å²) in [4.78, 5) is 20.7. The zero-order chi connectivity index (χ0) is 13.8. The van der Waals surface area contributed by atoms with Crippen molar-refractivity contribution in [1.29, 1.82) is 0 Å². The first kappa shape index (κ1) is 15.6. The van der Waals surface area contributed by atoms with Gasteiger partial charge in [-0.25, -0.2) is 4.79 Å². The molecule has 0 amide bonds. The monoisotopic (exact) mass is 294 g/mol. The van der Waals surface area contributed by atoms with Crippen LogP contribution >= 0.6 is 23.5 Å². The van der Waals surface area contributed by atoms with E-state index >= 15 is 0 Å². The Kier molecular flexibility index (Phi) is 5.77. The molecule has 2 aliphatic rings. The molecule has 6 nitrogen and oxygen atoms in total. The topological polar surface area (TPSA) is 98.7 Å². The van der Waals surface area contributed by atoms with Crippen molar-refractivity contribution in [2.24, 2.45) is 0 Å². The van der Waals surface area contributed by atoms with Crippen LogP contribution in [0.15, 0.2) is 0 Å². The van der Waals surface area contributed by atoms with Gasteiger partial charge >= 0.3 is 11.9 Å². The number of thioether (sulfide) groups is 2. The molecule has 0 saturated carbocycles. The van der Waals surface area contributed by atoms with E-state index in [-0.39, 0.29) is 10.1 Å². The summed E-state index contributed by atoms with van der Waals surface area (Å²) < 4.78 is -0.161. The number of aliphatic carboxylic acids is 2. The number of carboxylic acid groups (broad SMARTS) is 2. The van der Waals surface area contributed by atoms with E-state index in [9.17, 15) is 9.59 Å². The van der Waals surface area contributed by atoms with Crippen LogP contribution in [0.5, 0.6) is 0 Å². The molecule has 0 aromatic carbocycles. The lowest BCUT2D eigenvalue weighted by Gasteiger charge is -2.20. The van der Waals surface area contributed by atoms with Gasteiger partial charge in [0.2, 0.25) is 0 Å². The Hall–Kier alpha value is -0.440. The van der Waals surface area contributed by atoms with E-state index in [2.05, 4.69) is 10.6 Å². The minimum atomic E-state index is -0.757. The molecule has 104 valence electrons. The second-order valence-electron chi connectivity index (χ2n) is 4.41. The van der Waals surface area contributed by atoms with Crippen LogP contribution in [0.1, 0.15) is 13.8 Å². The normalized spacial score (nSPS) is 29.4. The van der Waals surface area contributed by atoms with E-state index < -0.39 is 18.0 Å². The third-order valence-electron chi connectivity index (χ3n) is 2.61. The fraction of sp³-hybridized carbons (Fsp3) is 0.800. The highest BCUT2D eigenvalue weighted by Gasteiger charge is 2.39. The Morgan fingerprint density at radius 2 is 1.89 bits per heavy atom. The summed E-state index contributed by atoms with van der Waals surface area (Å²) in [6, 6.07) is -0.391. The minimum Gasteiger partial charge on any atom is -0.480 e. The Labute approximate surface area is 114 Å². The van der Waals surface area contributed by atoms with Crippen molar-refractivity contribution in [2.75, 3.05) is 18.2 Å². The number of hydrogen-bond donors (Lipinski definition) is 4. The fourth-order valence-corrected chi connectivity index (χ4v) is 3.43. The quantitative estimate of drug-likeness (QED) is 0.575. The fourth-order valence-electron chi connectivity index (χ4n) is 1.61. The van der Waals surface area contributed by atoms with Gasteiger partial charge in [0, 0.05) is 22.9 Å². The Morgan fingerprint density at radius 1 is 1.22 bits per heavy atom. The van der Waals surface area contributed by atoms with Gasteiger partial charge in [-0.05, 0) is 13.8 Å². The highest BCUT2D eigenvalue weighted by molar-refractivity contribution is 8.01. The molecular weight excluding hydrogens is 276 g/mol. The van der Waals surface area contributed by atoms with Crippen LogP contribution in [-0.2, 0) is 9.59 Å². The van der Waals surface area contributed by atoms with E-state index in [1.54, 1.807) is 11.8 Å². The first-order valence-corrected chi connectivity index (χ1v) is 7.56. The standard InChI is InChI=1S/C6H11NO2S.C4H7NO2S/c1-6(2)4(5(8)9)7-3-10-6;6-4(7)3-5-1-2-8-3/h4,7H,3H2,1-2H3,(H,8,9);3,5H,1-2H2,(H,6,7). The highest BCUT2D eigenvalue weighted by atomic mass is 32.2. The molecule has 2 heterocycles. The van der Waals surface area contributed by atoms with Crippen molar-refractivity contribution in [3.8, 4) is 0 Å². The molecule has 2 saturated heterocycles. The summed E-state index contributed by atoms with van der Waals surface area (Å²) in [5.41, 5.74) is 0. The molecule has 0 spiro atoms. The van der Waals surface area contributed by atoms with Crippen molar-refractivity contribution in [1.82, 2.24) is 10.6 Å². The van der Waals surface area contributed by atoms with Gasteiger partial charge in [0.1, 0.15) is 6.04 Å². The van der Waals surface area contributed by atoms with Gasteiger partial charge in [-0.15, -0.1) is 23.5 Å². The summed E-state index contributed by atoms with van der Waals surface area (Å²) in [6.45, 7) is 4.70. The average molecular weight is 294 g/mol. The molecule has 0 aromatic heterocycles. The average Bonchev–Trinajstić information content (AvgIpc) is 2.86. The first-order valence-electron chi connectivity index (χ1n) is 5.52. The molecule has 0 radical (unpaired) electrons. The summed E-state index contributed by atoms with van der Waals surface area (Å²) in [6.07, 6.45) is 0. The van der Waals surface area contributed by atoms with Crippen molar-refractivity contribution in [3.05, 3.63) is 0 Å². The van der Waals surface area contributed by atoms with E-state index in [0.29, 0.717) is 0 Å². The van der Waals surface area contributed by atoms with Crippen LogP contribution in [0, 0.1) is 0 Å². The van der Waals surface area contributed by atoms with Crippen LogP contribution in [0.25, 0.3) is 0 Å². The van der Waals surface area contributed by atoms with Crippen molar-refractivity contribution >= 4 is 35.5 Å². The van der Waals surface area contributed by atoms with E-state index in [4.69, 9.17) is 10.2 Å². The molecule has 2 fully saturated rings. The Morgan fingerprint density at radius 3 is 2.11 bits per heavy atom. The van der Waals surface area contributed by atoms with E-state index in [0.717, 1.165) is 18.2 Å². The van der Waals surface area contributed by atoms with E-state index in [1.807, 2.05) is 13.8 Å². The second-order valence-corrected chi connectivity index (χ2v) is 7.25. The SMILES string of the molecule is CC1(C)SCNC1C(=O)O.O=C(O)C1NCCS1. The zero-order valence-electron chi connectivity index (χ0n) is 10.3. The maximum Gasteiger partial charge on any atom is 0.331 e. The first-order chi connectivity index (χ1) is 8.34. The van der Waals surface area contributed by atoms with E-state index in [1.165, 1.54) is 11.8 Å². The molecule has 8 heteroatoms. The van der Waals surface area contributed by atoms with Gasteiger partial charge in [-0.2, -0.15) is 0 Å². The van der Waals surface area contributed by atoms with Crippen LogP contribution in [-0.4, -0.2) is 56.5 Å². The van der Waals surface area contributed by atoms with Gasteiger partial charge < -0.3 is 10.2 Å². The molecule has 2 aliphatic heterocycles. The third-order valence-corrected chi connectivity index (χ3v) is 5.05. The van der Waals surface area contributed by atoms with Crippen LogP contribution in [0.4, 0.5) is 0 Å². The number of carboxylic acids is 2. The Bertz CT molecular complexity index is 319. The highest BCUT2D eigenvalue weighted by Crippen LogP contribution is 2.32. The summed E-state index contributed by atoms with van der Waals surface area (Å²) in [7, 11) is 0. The predicted octanol–water partition coefficient (Wildman–Crippen LogP) is 0.246. The Balaban J connectivity index is 0.000000184. The van der Waals surface area contributed by atoms with Crippen molar-refractivity contribution in [3.63, 3.8) is 0 Å². The predicted molar refractivity (Wildman–Crippen MR) is 73.0 cm³/mol. The maximum atomic E-state index is 10.5. The smallest absolute Gasteiger partial charge is 0.331 e. The lowest BCUT2D eigenvalue weighted by Crippen LogP contribution is -2.43. The van der Waals surface area contributed by atoms with Crippen molar-refractivity contribution in [2.45, 2.75) is 30.0 Å². The molecule has 4 N–H and O–H groups in total. The minimum absolute atomic E-state index is 0.161. The molecule has 0 aliphatic carbocycles. The maximum absolute atomic E-state index is 10.5. The van der Waals surface area contributed by atoms with Gasteiger partial charge in [0.25, 0.3) is 0 Å². The van der Waals surface area contributed by atoms with Gasteiger partial charge in [-0.3, -0.25) is 15.4 Å².